The van der Waals surface area contributed by atoms with Gasteiger partial charge >= 0.3 is 5.97 Å². The SMILES string of the molecule is CCCCCCC=CCCCCCCCCCC(=O)OCCCCCCCCCCCCCCCCCC. The molecule has 2 heteroatoms. The molecule has 0 aliphatic carbocycles. The molecular formula is C36H70O2. The van der Waals surface area contributed by atoms with Crippen LogP contribution in [0.4, 0.5) is 0 Å². The van der Waals surface area contributed by atoms with Crippen LogP contribution < -0.4 is 0 Å². The van der Waals surface area contributed by atoms with Gasteiger partial charge in [-0.2, -0.15) is 0 Å². The van der Waals surface area contributed by atoms with Crippen molar-refractivity contribution in [2.24, 2.45) is 0 Å². The summed E-state index contributed by atoms with van der Waals surface area (Å²) in [5.74, 6) is 0.0208. The van der Waals surface area contributed by atoms with E-state index in [-0.39, 0.29) is 5.97 Å². The highest BCUT2D eigenvalue weighted by molar-refractivity contribution is 5.69. The summed E-state index contributed by atoms with van der Waals surface area (Å²) >= 11 is 0. The average Bonchev–Trinajstić information content (AvgIpc) is 2.92. The summed E-state index contributed by atoms with van der Waals surface area (Å²) in [5, 5.41) is 0. The first kappa shape index (κ1) is 37.2. The Hall–Kier alpha value is -0.790. The molecule has 226 valence electrons. The van der Waals surface area contributed by atoms with Gasteiger partial charge in [0.25, 0.3) is 0 Å². The van der Waals surface area contributed by atoms with Gasteiger partial charge in [0.1, 0.15) is 0 Å². The zero-order valence-corrected chi connectivity index (χ0v) is 26.4. The van der Waals surface area contributed by atoms with Crippen molar-refractivity contribution >= 4 is 5.97 Å². The topological polar surface area (TPSA) is 26.3 Å². The summed E-state index contributed by atoms with van der Waals surface area (Å²) in [6.07, 6.45) is 44.1. The van der Waals surface area contributed by atoms with Gasteiger partial charge in [0, 0.05) is 6.42 Å². The monoisotopic (exact) mass is 535 g/mol. The van der Waals surface area contributed by atoms with Crippen molar-refractivity contribution < 1.29 is 9.53 Å². The second-order valence-corrected chi connectivity index (χ2v) is 11.9. The first-order valence-electron chi connectivity index (χ1n) is 17.6. The molecule has 0 N–H and O–H groups in total. The van der Waals surface area contributed by atoms with Gasteiger partial charge in [0.05, 0.1) is 6.61 Å². The number of hydrogen-bond acceptors (Lipinski definition) is 2. The van der Waals surface area contributed by atoms with Crippen molar-refractivity contribution in [1.29, 1.82) is 0 Å². The lowest BCUT2D eigenvalue weighted by atomic mass is 10.0. The van der Waals surface area contributed by atoms with Gasteiger partial charge in [0.15, 0.2) is 0 Å². The number of ether oxygens (including phenoxy) is 1. The molecule has 0 unspecified atom stereocenters. The molecule has 0 saturated heterocycles. The van der Waals surface area contributed by atoms with E-state index in [9.17, 15) is 4.79 Å². The van der Waals surface area contributed by atoms with Gasteiger partial charge in [-0.1, -0.05) is 174 Å². The van der Waals surface area contributed by atoms with Crippen molar-refractivity contribution in [2.45, 2.75) is 206 Å². The predicted octanol–water partition coefficient (Wildman–Crippen LogP) is 12.8. The normalized spacial score (nSPS) is 11.5. The summed E-state index contributed by atoms with van der Waals surface area (Å²) in [6.45, 7) is 5.19. The highest BCUT2D eigenvalue weighted by Crippen LogP contribution is 2.14. The Labute approximate surface area is 240 Å². The van der Waals surface area contributed by atoms with Crippen molar-refractivity contribution in [3.63, 3.8) is 0 Å². The van der Waals surface area contributed by atoms with E-state index in [2.05, 4.69) is 26.0 Å². The van der Waals surface area contributed by atoms with E-state index in [0.29, 0.717) is 13.0 Å². The van der Waals surface area contributed by atoms with Crippen LogP contribution in [0.2, 0.25) is 0 Å². The molecule has 0 rings (SSSR count). The van der Waals surface area contributed by atoms with Gasteiger partial charge < -0.3 is 4.74 Å². The molecule has 0 amide bonds. The molecule has 0 saturated carbocycles. The molecular weight excluding hydrogens is 464 g/mol. The Morgan fingerprint density at radius 2 is 0.737 bits per heavy atom. The van der Waals surface area contributed by atoms with Gasteiger partial charge in [0.2, 0.25) is 0 Å². The van der Waals surface area contributed by atoms with Gasteiger partial charge in [-0.3, -0.25) is 4.79 Å². The van der Waals surface area contributed by atoms with Crippen LogP contribution in [0.25, 0.3) is 0 Å². The van der Waals surface area contributed by atoms with E-state index in [1.807, 2.05) is 0 Å². The van der Waals surface area contributed by atoms with Crippen molar-refractivity contribution in [1.82, 2.24) is 0 Å². The molecule has 0 aliphatic rings. The quantitative estimate of drug-likeness (QED) is 0.0487. The molecule has 0 heterocycles. The van der Waals surface area contributed by atoms with E-state index in [0.717, 1.165) is 12.8 Å². The molecule has 0 fully saturated rings. The molecule has 0 atom stereocenters. The van der Waals surface area contributed by atoms with Crippen molar-refractivity contribution in [3.05, 3.63) is 12.2 Å². The first-order valence-corrected chi connectivity index (χ1v) is 17.6. The van der Waals surface area contributed by atoms with E-state index in [1.165, 1.54) is 173 Å². The minimum absolute atomic E-state index is 0.0208. The molecule has 0 aromatic rings. The van der Waals surface area contributed by atoms with E-state index >= 15 is 0 Å². The standard InChI is InChI=1S/C36H70O2/c1-3-5-7-9-11-13-15-17-19-21-23-25-27-29-31-33-35-38-36(37)34-32-30-28-26-24-22-20-18-16-14-12-10-8-6-4-2/h14,16H,3-13,15,17-35H2,1-2H3. The zero-order valence-electron chi connectivity index (χ0n) is 26.4. The van der Waals surface area contributed by atoms with Crippen LogP contribution in [0.15, 0.2) is 12.2 Å². The van der Waals surface area contributed by atoms with Crippen LogP contribution in [-0.2, 0) is 9.53 Å². The largest absolute Gasteiger partial charge is 0.466 e. The summed E-state index contributed by atoms with van der Waals surface area (Å²) in [6, 6.07) is 0. The third kappa shape index (κ3) is 33.2. The Balaban J connectivity index is 3.17. The molecule has 0 bridgehead atoms. The van der Waals surface area contributed by atoms with Gasteiger partial charge in [-0.05, 0) is 38.5 Å². The third-order valence-corrected chi connectivity index (χ3v) is 7.90. The van der Waals surface area contributed by atoms with Crippen LogP contribution in [0.3, 0.4) is 0 Å². The number of rotatable bonds is 32. The number of unbranched alkanes of at least 4 members (excludes halogenated alkanes) is 26. The number of allylic oxidation sites excluding steroid dienone is 2. The van der Waals surface area contributed by atoms with Crippen LogP contribution in [0, 0.1) is 0 Å². The zero-order chi connectivity index (χ0) is 27.6. The number of hydrogen-bond donors (Lipinski definition) is 0. The smallest absolute Gasteiger partial charge is 0.305 e. The highest BCUT2D eigenvalue weighted by Gasteiger charge is 2.02. The maximum Gasteiger partial charge on any atom is 0.305 e. The fraction of sp³-hybridized carbons (Fsp3) is 0.917. The van der Waals surface area contributed by atoms with Gasteiger partial charge in [-0.25, -0.2) is 0 Å². The van der Waals surface area contributed by atoms with E-state index < -0.39 is 0 Å². The lowest BCUT2D eigenvalue weighted by molar-refractivity contribution is -0.143. The lowest BCUT2D eigenvalue weighted by Gasteiger charge is -2.06. The van der Waals surface area contributed by atoms with Crippen LogP contribution in [0.5, 0.6) is 0 Å². The predicted molar refractivity (Wildman–Crippen MR) is 170 cm³/mol. The maximum atomic E-state index is 11.9. The molecule has 0 spiro atoms. The number of esters is 1. The highest BCUT2D eigenvalue weighted by atomic mass is 16.5. The Morgan fingerprint density at radius 3 is 1.16 bits per heavy atom. The molecule has 38 heavy (non-hydrogen) atoms. The Bertz CT molecular complexity index is 470. The maximum absolute atomic E-state index is 11.9. The molecule has 0 aromatic heterocycles. The van der Waals surface area contributed by atoms with Crippen LogP contribution in [-0.4, -0.2) is 12.6 Å². The van der Waals surface area contributed by atoms with E-state index in [1.54, 1.807) is 0 Å². The minimum Gasteiger partial charge on any atom is -0.466 e. The van der Waals surface area contributed by atoms with Crippen LogP contribution >= 0.6 is 0 Å². The van der Waals surface area contributed by atoms with E-state index in [4.69, 9.17) is 4.74 Å². The van der Waals surface area contributed by atoms with Crippen molar-refractivity contribution in [3.8, 4) is 0 Å². The summed E-state index contributed by atoms with van der Waals surface area (Å²) in [5.41, 5.74) is 0. The molecule has 2 nitrogen and oxygen atoms in total. The van der Waals surface area contributed by atoms with Crippen molar-refractivity contribution in [2.75, 3.05) is 6.61 Å². The number of carbonyl (C=O) groups excluding carboxylic acids is 1. The summed E-state index contributed by atoms with van der Waals surface area (Å²) < 4.78 is 5.43. The summed E-state index contributed by atoms with van der Waals surface area (Å²) in [7, 11) is 0. The Morgan fingerprint density at radius 1 is 0.421 bits per heavy atom. The summed E-state index contributed by atoms with van der Waals surface area (Å²) in [4.78, 5) is 11.9. The van der Waals surface area contributed by atoms with Crippen LogP contribution in [0.1, 0.15) is 206 Å². The third-order valence-electron chi connectivity index (χ3n) is 7.90. The minimum atomic E-state index is 0.0208. The lowest BCUT2D eigenvalue weighted by Crippen LogP contribution is -2.05. The molecule has 0 aliphatic heterocycles. The van der Waals surface area contributed by atoms with Gasteiger partial charge in [-0.15, -0.1) is 0 Å². The Kier molecular flexibility index (Phi) is 33.5. The second-order valence-electron chi connectivity index (χ2n) is 11.9. The average molecular weight is 535 g/mol. The number of carbonyl (C=O) groups is 1. The second kappa shape index (κ2) is 34.2. The molecule has 0 radical (unpaired) electrons. The first-order chi connectivity index (χ1) is 18.8. The fourth-order valence-electron chi connectivity index (χ4n) is 5.25. The molecule has 0 aromatic carbocycles. The fourth-order valence-corrected chi connectivity index (χ4v) is 5.25.